The van der Waals surface area contributed by atoms with Crippen molar-refractivity contribution in [2.75, 3.05) is 19.0 Å². The van der Waals surface area contributed by atoms with E-state index >= 15 is 0 Å². The smallest absolute Gasteiger partial charge is 0.376 e. The van der Waals surface area contributed by atoms with Gasteiger partial charge in [0, 0.05) is 25.8 Å². The zero-order valence-electron chi connectivity index (χ0n) is 12.6. The van der Waals surface area contributed by atoms with Crippen LogP contribution in [0.4, 0.5) is 30.2 Å². The van der Waals surface area contributed by atoms with E-state index in [1.807, 2.05) is 0 Å². The van der Waals surface area contributed by atoms with Gasteiger partial charge in [-0.2, -0.15) is 13.2 Å². The van der Waals surface area contributed by atoms with E-state index in [1.54, 1.807) is 0 Å². The van der Waals surface area contributed by atoms with Gasteiger partial charge < -0.3 is 10.1 Å². The number of hydrogen-bond donors (Lipinski definition) is 1. The molecule has 0 heterocycles. The Kier molecular flexibility index (Phi) is 4.65. The van der Waals surface area contributed by atoms with Crippen LogP contribution in [0.5, 0.6) is 0 Å². The first kappa shape index (κ1) is 17.9. The molecule has 0 spiro atoms. The molecular weight excluding hydrogens is 335 g/mol. The van der Waals surface area contributed by atoms with Crippen LogP contribution < -0.4 is 5.32 Å². The van der Waals surface area contributed by atoms with E-state index in [9.17, 15) is 33.4 Å². The van der Waals surface area contributed by atoms with Crippen molar-refractivity contribution >= 4 is 17.1 Å². The quantitative estimate of drug-likeness (QED) is 0.622. The number of rotatable bonds is 6. The summed E-state index contributed by atoms with van der Waals surface area (Å²) in [6.07, 6.45) is -2.76. The zero-order chi connectivity index (χ0) is 18.1. The topological polar surface area (TPSA) is 108 Å². The molecule has 0 aliphatic heterocycles. The number of nitrogens with zero attached hydrogens (tertiary/aromatic N) is 2. The molecule has 1 saturated carbocycles. The highest BCUT2D eigenvalue weighted by atomic mass is 19.4. The van der Waals surface area contributed by atoms with Crippen molar-refractivity contribution in [3.63, 3.8) is 0 Å². The Morgan fingerprint density at radius 1 is 1.21 bits per heavy atom. The summed E-state index contributed by atoms with van der Waals surface area (Å²) in [5.74, 6) is 0. The van der Waals surface area contributed by atoms with E-state index < -0.39 is 44.2 Å². The maximum atomic E-state index is 12.8. The second-order valence-electron chi connectivity index (χ2n) is 5.50. The average molecular weight is 349 g/mol. The number of nitro benzene ring substituents is 2. The van der Waals surface area contributed by atoms with Crippen molar-refractivity contribution in [1.29, 1.82) is 0 Å². The Morgan fingerprint density at radius 2 is 1.71 bits per heavy atom. The molecule has 8 nitrogen and oxygen atoms in total. The Labute approximate surface area is 133 Å². The van der Waals surface area contributed by atoms with Gasteiger partial charge in [0.25, 0.3) is 11.4 Å². The molecule has 1 N–H and O–H groups in total. The van der Waals surface area contributed by atoms with Crippen molar-refractivity contribution in [3.05, 3.63) is 37.9 Å². The lowest BCUT2D eigenvalue weighted by Crippen LogP contribution is -2.45. The number of nitro groups is 2. The number of alkyl halides is 3. The van der Waals surface area contributed by atoms with Crippen molar-refractivity contribution in [1.82, 2.24) is 0 Å². The van der Waals surface area contributed by atoms with E-state index in [0.29, 0.717) is 12.8 Å². The summed E-state index contributed by atoms with van der Waals surface area (Å²) in [5.41, 5.74) is -4.62. The van der Waals surface area contributed by atoms with Crippen molar-refractivity contribution in [2.24, 2.45) is 0 Å². The predicted octanol–water partition coefficient (Wildman–Crippen LogP) is 3.50. The SMILES string of the molecule is COC1(CNc2c([N+](=O)[O-])cc(C(F)(F)F)cc2[N+](=O)[O-])CCC1. The molecule has 0 saturated heterocycles. The number of hydrogen-bond acceptors (Lipinski definition) is 6. The minimum absolute atomic E-state index is 0.0243. The van der Waals surface area contributed by atoms with Crippen LogP contribution >= 0.6 is 0 Å². The van der Waals surface area contributed by atoms with E-state index in [1.165, 1.54) is 7.11 Å². The van der Waals surface area contributed by atoms with Crippen LogP contribution in [0, 0.1) is 20.2 Å². The summed E-state index contributed by atoms with van der Waals surface area (Å²) in [6, 6.07) is 0.575. The molecule has 24 heavy (non-hydrogen) atoms. The molecule has 0 amide bonds. The molecule has 1 fully saturated rings. The van der Waals surface area contributed by atoms with Gasteiger partial charge in [-0.05, 0) is 19.3 Å². The Balaban J connectivity index is 2.47. The van der Waals surface area contributed by atoms with Gasteiger partial charge in [0.15, 0.2) is 5.69 Å². The van der Waals surface area contributed by atoms with Crippen molar-refractivity contribution in [3.8, 4) is 0 Å². The van der Waals surface area contributed by atoms with Crippen molar-refractivity contribution in [2.45, 2.75) is 31.0 Å². The number of ether oxygens (including phenoxy) is 1. The lowest BCUT2D eigenvalue weighted by molar-refractivity contribution is -0.392. The average Bonchev–Trinajstić information content (AvgIpc) is 2.44. The minimum atomic E-state index is -4.93. The molecule has 1 aliphatic rings. The monoisotopic (exact) mass is 349 g/mol. The lowest BCUT2D eigenvalue weighted by atomic mass is 9.80. The fourth-order valence-electron chi connectivity index (χ4n) is 2.52. The molecule has 0 atom stereocenters. The highest BCUT2D eigenvalue weighted by Gasteiger charge is 2.40. The summed E-state index contributed by atoms with van der Waals surface area (Å²) >= 11 is 0. The summed E-state index contributed by atoms with van der Waals surface area (Å²) in [5, 5.41) is 24.7. The maximum absolute atomic E-state index is 12.8. The second-order valence-corrected chi connectivity index (χ2v) is 5.50. The van der Waals surface area contributed by atoms with Crippen LogP contribution in [0.3, 0.4) is 0 Å². The standard InChI is InChI=1S/C13H14F3N3O5/c1-24-12(3-2-4-12)7-17-11-9(18(20)21)5-8(13(14,15)16)6-10(11)19(22)23/h5-6,17H,2-4,7H2,1H3. The fourth-order valence-corrected chi connectivity index (χ4v) is 2.52. The first-order valence-corrected chi connectivity index (χ1v) is 6.93. The summed E-state index contributed by atoms with van der Waals surface area (Å²) in [6.45, 7) is 0.0243. The van der Waals surface area contributed by atoms with Crippen LogP contribution in [-0.4, -0.2) is 29.1 Å². The minimum Gasteiger partial charge on any atom is -0.376 e. The largest absolute Gasteiger partial charge is 0.416 e. The maximum Gasteiger partial charge on any atom is 0.416 e. The molecular formula is C13H14F3N3O5. The summed E-state index contributed by atoms with van der Waals surface area (Å²) < 4.78 is 43.7. The Morgan fingerprint density at radius 3 is 2.00 bits per heavy atom. The second kappa shape index (κ2) is 6.23. The van der Waals surface area contributed by atoms with Crippen LogP contribution in [0.15, 0.2) is 12.1 Å². The lowest BCUT2D eigenvalue weighted by Gasteiger charge is -2.40. The molecule has 11 heteroatoms. The molecule has 0 aromatic heterocycles. The van der Waals surface area contributed by atoms with Gasteiger partial charge in [-0.25, -0.2) is 0 Å². The molecule has 0 bridgehead atoms. The van der Waals surface area contributed by atoms with Gasteiger partial charge in [0.2, 0.25) is 0 Å². The zero-order valence-corrected chi connectivity index (χ0v) is 12.6. The Hall–Kier alpha value is -2.43. The molecule has 1 aromatic rings. The van der Waals surface area contributed by atoms with E-state index in [0.717, 1.165) is 6.42 Å². The number of halogens is 3. The van der Waals surface area contributed by atoms with Crippen LogP contribution in [0.1, 0.15) is 24.8 Å². The molecule has 1 aromatic carbocycles. The van der Waals surface area contributed by atoms with Gasteiger partial charge >= 0.3 is 6.18 Å². The molecule has 2 rings (SSSR count). The van der Waals surface area contributed by atoms with Crippen LogP contribution in [0.25, 0.3) is 0 Å². The first-order chi connectivity index (χ1) is 11.1. The highest BCUT2D eigenvalue weighted by Crippen LogP contribution is 2.42. The number of methoxy groups -OCH3 is 1. The molecule has 0 unspecified atom stereocenters. The van der Waals surface area contributed by atoms with Gasteiger partial charge in [-0.1, -0.05) is 0 Å². The molecule has 0 radical (unpaired) electrons. The van der Waals surface area contributed by atoms with Crippen molar-refractivity contribution < 1.29 is 27.8 Å². The Bertz CT molecular complexity index is 633. The van der Waals surface area contributed by atoms with Gasteiger partial charge in [-0.3, -0.25) is 20.2 Å². The van der Waals surface area contributed by atoms with Gasteiger partial charge in [0.1, 0.15) is 0 Å². The summed E-state index contributed by atoms with van der Waals surface area (Å²) in [4.78, 5) is 20.0. The summed E-state index contributed by atoms with van der Waals surface area (Å²) in [7, 11) is 1.44. The third-order valence-corrected chi connectivity index (χ3v) is 4.10. The highest BCUT2D eigenvalue weighted by molar-refractivity contribution is 5.75. The van der Waals surface area contributed by atoms with Gasteiger partial charge in [-0.15, -0.1) is 0 Å². The van der Waals surface area contributed by atoms with Crippen LogP contribution in [0.2, 0.25) is 0 Å². The van der Waals surface area contributed by atoms with Crippen LogP contribution in [-0.2, 0) is 10.9 Å². The third-order valence-electron chi connectivity index (χ3n) is 4.10. The predicted molar refractivity (Wildman–Crippen MR) is 76.8 cm³/mol. The third kappa shape index (κ3) is 3.40. The normalized spacial score (nSPS) is 16.3. The van der Waals surface area contributed by atoms with Gasteiger partial charge in [0.05, 0.1) is 21.0 Å². The number of anilines is 1. The van der Waals surface area contributed by atoms with E-state index in [-0.39, 0.29) is 18.7 Å². The van der Waals surface area contributed by atoms with E-state index in [4.69, 9.17) is 4.74 Å². The number of benzene rings is 1. The van der Waals surface area contributed by atoms with E-state index in [2.05, 4.69) is 5.32 Å². The fraction of sp³-hybridized carbons (Fsp3) is 0.538. The number of nitrogens with one attached hydrogen (secondary N) is 1. The molecule has 1 aliphatic carbocycles. The first-order valence-electron chi connectivity index (χ1n) is 6.93. The molecule has 132 valence electrons.